The third-order valence-corrected chi connectivity index (χ3v) is 6.12. The predicted octanol–water partition coefficient (Wildman–Crippen LogP) is 2.20. The molecule has 1 heterocycles. The fraction of sp³-hybridized carbons (Fsp3) is 0.600. The van der Waals surface area contributed by atoms with Crippen LogP contribution in [0.1, 0.15) is 36.8 Å². The molecule has 1 unspecified atom stereocenters. The maximum atomic E-state index is 13.0. The minimum atomic E-state index is -3.45. The smallest absolute Gasteiger partial charge is 0.243 e. The van der Waals surface area contributed by atoms with Gasteiger partial charge in [0.15, 0.2) is 0 Å². The molecule has 20 heavy (non-hydrogen) atoms. The molecule has 1 aliphatic rings. The highest BCUT2D eigenvalue weighted by molar-refractivity contribution is 7.89. The van der Waals surface area contributed by atoms with Crippen LogP contribution in [-0.4, -0.2) is 31.9 Å². The number of benzene rings is 1. The van der Waals surface area contributed by atoms with E-state index in [9.17, 15) is 8.42 Å². The summed E-state index contributed by atoms with van der Waals surface area (Å²) in [6, 6.07) is 5.51. The standard InChI is InChI=1S/C15H24N2O2S/c1-12-7-8-13(2)15(10-12)20(18,19)17-9-5-3-4-6-14(17)11-16/h7-8,10,14H,3-6,9,11,16H2,1-2H3. The van der Waals surface area contributed by atoms with Crippen molar-refractivity contribution in [3.8, 4) is 0 Å². The molecule has 1 fully saturated rings. The lowest BCUT2D eigenvalue weighted by atomic mass is 10.1. The highest BCUT2D eigenvalue weighted by atomic mass is 32.2. The van der Waals surface area contributed by atoms with Crippen molar-refractivity contribution in [1.29, 1.82) is 0 Å². The van der Waals surface area contributed by atoms with Gasteiger partial charge in [0.1, 0.15) is 0 Å². The molecule has 0 radical (unpaired) electrons. The van der Waals surface area contributed by atoms with Gasteiger partial charge < -0.3 is 5.73 Å². The first-order valence-electron chi connectivity index (χ1n) is 7.26. The Hall–Kier alpha value is -0.910. The van der Waals surface area contributed by atoms with Crippen LogP contribution in [0.15, 0.2) is 23.1 Å². The molecule has 4 nitrogen and oxygen atoms in total. The highest BCUT2D eigenvalue weighted by Crippen LogP contribution is 2.26. The van der Waals surface area contributed by atoms with E-state index in [-0.39, 0.29) is 6.04 Å². The molecule has 0 saturated carbocycles. The SMILES string of the molecule is Cc1ccc(C)c(S(=O)(=O)N2CCCCCC2CN)c1. The van der Waals surface area contributed by atoms with Crippen LogP contribution in [0.3, 0.4) is 0 Å². The Morgan fingerprint density at radius 1 is 1.25 bits per heavy atom. The van der Waals surface area contributed by atoms with Crippen LogP contribution in [-0.2, 0) is 10.0 Å². The fourth-order valence-corrected chi connectivity index (χ4v) is 4.83. The predicted molar refractivity (Wildman–Crippen MR) is 81.1 cm³/mol. The van der Waals surface area contributed by atoms with Crippen molar-refractivity contribution in [2.24, 2.45) is 5.73 Å². The summed E-state index contributed by atoms with van der Waals surface area (Å²) in [4.78, 5) is 0.429. The van der Waals surface area contributed by atoms with E-state index in [1.165, 1.54) is 0 Å². The van der Waals surface area contributed by atoms with E-state index in [4.69, 9.17) is 5.73 Å². The van der Waals surface area contributed by atoms with Crippen molar-refractivity contribution in [2.75, 3.05) is 13.1 Å². The van der Waals surface area contributed by atoms with Gasteiger partial charge in [-0.3, -0.25) is 0 Å². The average molecular weight is 296 g/mol. The lowest BCUT2D eigenvalue weighted by Crippen LogP contribution is -2.44. The molecule has 2 rings (SSSR count). The van der Waals surface area contributed by atoms with Gasteiger partial charge in [0.2, 0.25) is 10.0 Å². The zero-order valence-corrected chi connectivity index (χ0v) is 13.1. The number of hydrogen-bond donors (Lipinski definition) is 1. The second-order valence-electron chi connectivity index (χ2n) is 5.62. The lowest BCUT2D eigenvalue weighted by molar-refractivity contribution is 0.328. The summed E-state index contributed by atoms with van der Waals surface area (Å²) in [5, 5.41) is 0. The van der Waals surface area contributed by atoms with Crippen molar-refractivity contribution >= 4 is 10.0 Å². The van der Waals surface area contributed by atoms with Gasteiger partial charge in [-0.2, -0.15) is 4.31 Å². The summed E-state index contributed by atoms with van der Waals surface area (Å²) in [5.41, 5.74) is 7.57. The third kappa shape index (κ3) is 3.05. The van der Waals surface area contributed by atoms with Crippen LogP contribution < -0.4 is 5.73 Å². The second kappa shape index (κ2) is 6.24. The Labute approximate surface area is 122 Å². The Bertz CT molecular complexity index is 569. The maximum Gasteiger partial charge on any atom is 0.243 e. The first kappa shape index (κ1) is 15.5. The van der Waals surface area contributed by atoms with E-state index in [0.29, 0.717) is 18.0 Å². The first-order valence-corrected chi connectivity index (χ1v) is 8.70. The van der Waals surface area contributed by atoms with E-state index in [0.717, 1.165) is 36.8 Å². The number of nitrogens with zero attached hydrogens (tertiary/aromatic N) is 1. The molecule has 1 saturated heterocycles. The topological polar surface area (TPSA) is 63.4 Å². The molecule has 0 bridgehead atoms. The summed E-state index contributed by atoms with van der Waals surface area (Å²) in [7, 11) is -3.45. The van der Waals surface area contributed by atoms with Crippen LogP contribution >= 0.6 is 0 Å². The zero-order chi connectivity index (χ0) is 14.8. The molecular weight excluding hydrogens is 272 g/mol. The lowest BCUT2D eigenvalue weighted by Gasteiger charge is -2.28. The second-order valence-corrected chi connectivity index (χ2v) is 7.48. The Balaban J connectivity index is 2.44. The highest BCUT2D eigenvalue weighted by Gasteiger charge is 2.32. The number of sulfonamides is 1. The molecule has 1 atom stereocenters. The number of nitrogens with two attached hydrogens (primary N) is 1. The summed E-state index contributed by atoms with van der Waals surface area (Å²) in [5.74, 6) is 0. The molecule has 2 N–H and O–H groups in total. The van der Waals surface area contributed by atoms with Gasteiger partial charge >= 0.3 is 0 Å². The van der Waals surface area contributed by atoms with Crippen molar-refractivity contribution < 1.29 is 8.42 Å². The van der Waals surface area contributed by atoms with Crippen molar-refractivity contribution in [2.45, 2.75) is 50.5 Å². The molecule has 0 amide bonds. The van der Waals surface area contributed by atoms with Crippen molar-refractivity contribution in [1.82, 2.24) is 4.31 Å². The number of hydrogen-bond acceptors (Lipinski definition) is 3. The number of rotatable bonds is 3. The third-order valence-electron chi connectivity index (χ3n) is 4.03. The van der Waals surface area contributed by atoms with Crippen LogP contribution in [0.2, 0.25) is 0 Å². The van der Waals surface area contributed by atoms with Gasteiger partial charge in [0.25, 0.3) is 0 Å². The van der Waals surface area contributed by atoms with Crippen LogP contribution in [0.5, 0.6) is 0 Å². The maximum absolute atomic E-state index is 13.0. The summed E-state index contributed by atoms with van der Waals surface area (Å²) in [6.07, 6.45) is 3.91. The fourth-order valence-electron chi connectivity index (χ4n) is 2.81. The van der Waals surface area contributed by atoms with E-state index >= 15 is 0 Å². The Morgan fingerprint density at radius 2 is 2.00 bits per heavy atom. The molecule has 1 aliphatic heterocycles. The average Bonchev–Trinajstić information content (AvgIpc) is 2.66. The molecule has 0 spiro atoms. The van der Waals surface area contributed by atoms with Crippen molar-refractivity contribution in [3.63, 3.8) is 0 Å². The van der Waals surface area contributed by atoms with Gasteiger partial charge in [0.05, 0.1) is 4.90 Å². The molecule has 1 aromatic carbocycles. The van der Waals surface area contributed by atoms with Crippen LogP contribution in [0.4, 0.5) is 0 Å². The summed E-state index contributed by atoms with van der Waals surface area (Å²) in [6.45, 7) is 4.74. The van der Waals surface area contributed by atoms with E-state index in [2.05, 4.69) is 0 Å². The van der Waals surface area contributed by atoms with Gasteiger partial charge in [0, 0.05) is 19.1 Å². The quantitative estimate of drug-likeness (QED) is 0.930. The summed E-state index contributed by atoms with van der Waals surface area (Å²) >= 11 is 0. The van der Waals surface area contributed by atoms with Crippen molar-refractivity contribution in [3.05, 3.63) is 29.3 Å². The summed E-state index contributed by atoms with van der Waals surface area (Å²) < 4.78 is 27.5. The molecule has 5 heteroatoms. The minimum absolute atomic E-state index is 0.0672. The minimum Gasteiger partial charge on any atom is -0.329 e. The van der Waals surface area contributed by atoms with Crippen LogP contribution in [0.25, 0.3) is 0 Å². The van der Waals surface area contributed by atoms with E-state index in [1.54, 1.807) is 10.4 Å². The van der Waals surface area contributed by atoms with Gasteiger partial charge in [-0.1, -0.05) is 25.0 Å². The largest absolute Gasteiger partial charge is 0.329 e. The van der Waals surface area contributed by atoms with Gasteiger partial charge in [-0.15, -0.1) is 0 Å². The molecule has 0 aromatic heterocycles. The van der Waals surface area contributed by atoms with Gasteiger partial charge in [-0.25, -0.2) is 8.42 Å². The molecular formula is C15H24N2O2S. The monoisotopic (exact) mass is 296 g/mol. The van der Waals surface area contributed by atoms with Gasteiger partial charge in [-0.05, 0) is 43.9 Å². The Kier molecular flexibility index (Phi) is 4.83. The normalized spacial score (nSPS) is 21.6. The molecule has 1 aromatic rings. The van der Waals surface area contributed by atoms with Crippen LogP contribution in [0, 0.1) is 13.8 Å². The first-order chi connectivity index (χ1) is 9.46. The Morgan fingerprint density at radius 3 is 2.70 bits per heavy atom. The van der Waals surface area contributed by atoms with E-state index < -0.39 is 10.0 Å². The van der Waals surface area contributed by atoms with E-state index in [1.807, 2.05) is 26.0 Å². The number of aryl methyl sites for hydroxylation is 2. The molecule has 0 aliphatic carbocycles. The zero-order valence-electron chi connectivity index (χ0n) is 12.3. The molecule has 112 valence electrons.